The van der Waals surface area contributed by atoms with E-state index in [0.717, 1.165) is 25.3 Å². The number of ether oxygens (including phenoxy) is 1. The first kappa shape index (κ1) is 13.2. The van der Waals surface area contributed by atoms with Crippen LogP contribution in [0.2, 0.25) is 0 Å². The maximum atomic E-state index is 5.78. The van der Waals surface area contributed by atoms with E-state index in [-0.39, 0.29) is 0 Å². The Morgan fingerprint density at radius 2 is 2.33 bits per heavy atom. The van der Waals surface area contributed by atoms with Gasteiger partial charge >= 0.3 is 0 Å². The van der Waals surface area contributed by atoms with Crippen molar-refractivity contribution >= 4 is 0 Å². The molecule has 0 aliphatic carbocycles. The molecule has 0 bridgehead atoms. The summed E-state index contributed by atoms with van der Waals surface area (Å²) in [5, 5.41) is 3.61. The minimum Gasteiger partial charge on any atom is -0.493 e. The zero-order valence-corrected chi connectivity index (χ0v) is 11.2. The zero-order chi connectivity index (χ0) is 12.8. The van der Waals surface area contributed by atoms with Gasteiger partial charge in [-0.3, -0.25) is 0 Å². The van der Waals surface area contributed by atoms with Crippen LogP contribution in [0, 0.1) is 0 Å². The van der Waals surface area contributed by atoms with Gasteiger partial charge in [0.15, 0.2) is 0 Å². The van der Waals surface area contributed by atoms with Crippen molar-refractivity contribution in [3.8, 4) is 5.75 Å². The summed E-state index contributed by atoms with van der Waals surface area (Å²) in [4.78, 5) is 0. The van der Waals surface area contributed by atoms with Gasteiger partial charge in [-0.2, -0.15) is 0 Å². The molecule has 2 heteroatoms. The molecule has 18 heavy (non-hydrogen) atoms. The van der Waals surface area contributed by atoms with Gasteiger partial charge in [-0.1, -0.05) is 31.2 Å². The van der Waals surface area contributed by atoms with E-state index in [2.05, 4.69) is 37.0 Å². The highest BCUT2D eigenvalue weighted by atomic mass is 16.5. The normalized spacial score (nSPS) is 19.1. The first-order valence-corrected chi connectivity index (χ1v) is 6.92. The molecule has 1 aliphatic heterocycles. The third-order valence-corrected chi connectivity index (χ3v) is 3.61. The monoisotopic (exact) mass is 245 g/mol. The summed E-state index contributed by atoms with van der Waals surface area (Å²) in [7, 11) is 0. The fourth-order valence-electron chi connectivity index (χ4n) is 2.71. The molecule has 2 nitrogen and oxygen atoms in total. The average Bonchev–Trinajstić information content (AvgIpc) is 2.82. The van der Waals surface area contributed by atoms with Gasteiger partial charge in [0.2, 0.25) is 0 Å². The number of rotatable bonds is 7. The lowest BCUT2D eigenvalue weighted by Gasteiger charge is -2.23. The number of allylic oxidation sites excluding steroid dienone is 1. The number of fused-ring (bicyclic) bond motifs is 1. The third kappa shape index (κ3) is 2.94. The van der Waals surface area contributed by atoms with Crippen molar-refractivity contribution in [2.45, 2.75) is 38.1 Å². The lowest BCUT2D eigenvalue weighted by atomic mass is 9.90. The smallest absolute Gasteiger partial charge is 0.122 e. The van der Waals surface area contributed by atoms with Crippen LogP contribution in [0.25, 0.3) is 0 Å². The summed E-state index contributed by atoms with van der Waals surface area (Å²) in [6.45, 7) is 7.78. The number of hydrogen-bond acceptors (Lipinski definition) is 2. The lowest BCUT2D eigenvalue weighted by Crippen LogP contribution is -2.35. The van der Waals surface area contributed by atoms with Crippen molar-refractivity contribution in [1.82, 2.24) is 5.32 Å². The molecule has 0 radical (unpaired) electrons. The van der Waals surface area contributed by atoms with Gasteiger partial charge in [0, 0.05) is 17.5 Å². The van der Waals surface area contributed by atoms with Crippen LogP contribution in [0.1, 0.15) is 37.7 Å². The van der Waals surface area contributed by atoms with Crippen molar-refractivity contribution in [1.29, 1.82) is 0 Å². The Kier molecular flexibility index (Phi) is 4.82. The number of hydrogen-bond donors (Lipinski definition) is 1. The highest BCUT2D eigenvalue weighted by molar-refractivity contribution is 5.40. The predicted molar refractivity (Wildman–Crippen MR) is 76.2 cm³/mol. The fourth-order valence-corrected chi connectivity index (χ4v) is 2.71. The Labute approximate surface area is 110 Å². The van der Waals surface area contributed by atoms with Crippen LogP contribution in [0.15, 0.2) is 36.9 Å². The molecule has 0 fully saturated rings. The molecule has 2 rings (SSSR count). The number of benzene rings is 1. The van der Waals surface area contributed by atoms with E-state index in [0.29, 0.717) is 12.0 Å². The fraction of sp³-hybridized carbons (Fsp3) is 0.500. The van der Waals surface area contributed by atoms with E-state index in [9.17, 15) is 0 Å². The molecule has 0 saturated carbocycles. The summed E-state index contributed by atoms with van der Waals surface area (Å²) in [6, 6.07) is 8.93. The van der Waals surface area contributed by atoms with Crippen molar-refractivity contribution in [3.63, 3.8) is 0 Å². The van der Waals surface area contributed by atoms with Crippen LogP contribution in [0.3, 0.4) is 0 Å². The van der Waals surface area contributed by atoms with Gasteiger partial charge in [-0.05, 0) is 31.9 Å². The molecule has 1 aromatic rings. The molecular weight excluding hydrogens is 222 g/mol. The lowest BCUT2D eigenvalue weighted by molar-refractivity contribution is 0.291. The molecule has 98 valence electrons. The van der Waals surface area contributed by atoms with Crippen LogP contribution in [0.5, 0.6) is 5.75 Å². The van der Waals surface area contributed by atoms with Gasteiger partial charge in [0.1, 0.15) is 5.75 Å². The predicted octanol–water partition coefficient (Wildman–Crippen LogP) is 3.50. The van der Waals surface area contributed by atoms with Gasteiger partial charge < -0.3 is 10.1 Å². The summed E-state index contributed by atoms with van der Waals surface area (Å²) in [5.41, 5.74) is 1.36. The molecule has 0 amide bonds. The van der Waals surface area contributed by atoms with Crippen LogP contribution in [0.4, 0.5) is 0 Å². The minimum absolute atomic E-state index is 0.492. The highest BCUT2D eigenvalue weighted by Crippen LogP contribution is 2.36. The van der Waals surface area contributed by atoms with Crippen molar-refractivity contribution in [2.24, 2.45) is 0 Å². The second-order valence-corrected chi connectivity index (χ2v) is 4.84. The molecule has 2 atom stereocenters. The average molecular weight is 245 g/mol. The van der Waals surface area contributed by atoms with E-state index in [1.807, 2.05) is 12.1 Å². The standard InChI is InChI=1S/C16H23NO/c1-3-5-6-10-15(17-4-2)14-12-18-16-11-8-7-9-13(14)16/h3,7-9,11,14-15,17H,1,4-6,10,12H2,2H3. The second-order valence-electron chi connectivity index (χ2n) is 4.84. The first-order valence-electron chi connectivity index (χ1n) is 6.92. The van der Waals surface area contributed by atoms with Crippen molar-refractivity contribution in [3.05, 3.63) is 42.5 Å². The number of likely N-dealkylation sites (N-methyl/N-ethyl adjacent to an activating group) is 1. The summed E-state index contributed by atoms with van der Waals surface area (Å²) >= 11 is 0. The quantitative estimate of drug-likeness (QED) is 0.586. The number of para-hydroxylation sites is 1. The maximum absolute atomic E-state index is 5.78. The van der Waals surface area contributed by atoms with Crippen LogP contribution in [-0.2, 0) is 0 Å². The van der Waals surface area contributed by atoms with Gasteiger partial charge in [-0.15, -0.1) is 6.58 Å². The van der Waals surface area contributed by atoms with E-state index in [1.165, 1.54) is 18.4 Å². The van der Waals surface area contributed by atoms with Crippen molar-refractivity contribution in [2.75, 3.05) is 13.2 Å². The first-order chi connectivity index (χ1) is 8.86. The van der Waals surface area contributed by atoms with E-state index in [4.69, 9.17) is 4.74 Å². The highest BCUT2D eigenvalue weighted by Gasteiger charge is 2.30. The summed E-state index contributed by atoms with van der Waals surface area (Å²) in [5.74, 6) is 1.56. The van der Waals surface area contributed by atoms with E-state index < -0.39 is 0 Å². The topological polar surface area (TPSA) is 21.3 Å². The Balaban J connectivity index is 2.05. The zero-order valence-electron chi connectivity index (χ0n) is 11.2. The molecule has 1 N–H and O–H groups in total. The number of unbranched alkanes of at least 4 members (excludes halogenated alkanes) is 1. The number of nitrogens with one attached hydrogen (secondary N) is 1. The van der Waals surface area contributed by atoms with Crippen LogP contribution < -0.4 is 10.1 Å². The van der Waals surface area contributed by atoms with Crippen molar-refractivity contribution < 1.29 is 4.74 Å². The molecule has 0 aromatic heterocycles. The summed E-state index contributed by atoms with van der Waals surface area (Å²) in [6.07, 6.45) is 5.47. The molecular formula is C16H23NO. The molecule has 0 saturated heterocycles. The minimum atomic E-state index is 0.492. The SMILES string of the molecule is C=CCCCC(NCC)C1COc2ccccc21. The van der Waals surface area contributed by atoms with Gasteiger partial charge in [-0.25, -0.2) is 0 Å². The Hall–Kier alpha value is -1.28. The third-order valence-electron chi connectivity index (χ3n) is 3.61. The van der Waals surface area contributed by atoms with Gasteiger partial charge in [0.25, 0.3) is 0 Å². The second kappa shape index (κ2) is 6.60. The van der Waals surface area contributed by atoms with E-state index >= 15 is 0 Å². The van der Waals surface area contributed by atoms with Crippen LogP contribution in [-0.4, -0.2) is 19.2 Å². The molecule has 1 aromatic carbocycles. The largest absolute Gasteiger partial charge is 0.493 e. The van der Waals surface area contributed by atoms with Gasteiger partial charge in [0.05, 0.1) is 6.61 Å². The van der Waals surface area contributed by atoms with E-state index in [1.54, 1.807) is 0 Å². The maximum Gasteiger partial charge on any atom is 0.122 e. The molecule has 0 spiro atoms. The molecule has 1 aliphatic rings. The Bertz CT molecular complexity index is 388. The van der Waals surface area contributed by atoms with Crippen LogP contribution >= 0.6 is 0 Å². The summed E-state index contributed by atoms with van der Waals surface area (Å²) < 4.78 is 5.78. The molecule has 2 unspecified atom stereocenters. The molecule has 1 heterocycles. The Morgan fingerprint density at radius 1 is 1.50 bits per heavy atom. The Morgan fingerprint density at radius 3 is 3.11 bits per heavy atom.